The average molecular weight is 330 g/mol. The molecule has 1 aromatic heterocycles. The summed E-state index contributed by atoms with van der Waals surface area (Å²) in [4.78, 5) is 18.9. The predicted octanol–water partition coefficient (Wildman–Crippen LogP) is 3.98. The van der Waals surface area contributed by atoms with E-state index >= 15 is 0 Å². The summed E-state index contributed by atoms with van der Waals surface area (Å²) in [5.41, 5.74) is 2.45. The molecule has 0 amide bonds. The fourth-order valence-electron chi connectivity index (χ4n) is 3.02. The smallest absolute Gasteiger partial charge is 0.320 e. The van der Waals surface area contributed by atoms with Crippen molar-refractivity contribution in [2.75, 3.05) is 6.54 Å². The van der Waals surface area contributed by atoms with E-state index in [2.05, 4.69) is 43.1 Å². The number of rotatable bonds is 5. The molecule has 1 aliphatic rings. The standard InChI is InChI=1S/C18H22N2O2S/c1-12(2)13-5-7-14(8-6-13)17-19-10-15(23-17)11-20-9-3-4-16(20)18(21)22/h5-8,10,12,16H,3-4,9,11H2,1-2H3,(H,21,22)/t16-/m0/s1. The number of hydrogen-bond acceptors (Lipinski definition) is 4. The Bertz CT molecular complexity index is 679. The van der Waals surface area contributed by atoms with Crippen LogP contribution in [0.5, 0.6) is 0 Å². The van der Waals surface area contributed by atoms with Crippen molar-refractivity contribution in [1.82, 2.24) is 9.88 Å². The van der Waals surface area contributed by atoms with E-state index in [1.54, 1.807) is 11.3 Å². The molecule has 0 aliphatic carbocycles. The van der Waals surface area contributed by atoms with E-state index < -0.39 is 5.97 Å². The molecule has 23 heavy (non-hydrogen) atoms. The van der Waals surface area contributed by atoms with Gasteiger partial charge in [0.05, 0.1) is 0 Å². The Kier molecular flexibility index (Phi) is 4.78. The number of thiazole rings is 1. The first-order valence-electron chi connectivity index (χ1n) is 8.06. The second-order valence-electron chi connectivity index (χ2n) is 6.38. The first-order chi connectivity index (χ1) is 11.0. The number of nitrogens with zero attached hydrogens (tertiary/aromatic N) is 2. The second-order valence-corrected chi connectivity index (χ2v) is 7.49. The normalized spacial score (nSPS) is 18.7. The molecule has 4 nitrogen and oxygen atoms in total. The number of carbonyl (C=O) groups is 1. The highest BCUT2D eigenvalue weighted by Gasteiger charge is 2.30. The maximum atomic E-state index is 11.3. The lowest BCUT2D eigenvalue weighted by Crippen LogP contribution is -2.35. The molecule has 1 aliphatic heterocycles. The topological polar surface area (TPSA) is 53.4 Å². The first kappa shape index (κ1) is 16.1. The van der Waals surface area contributed by atoms with Gasteiger partial charge in [0.15, 0.2) is 0 Å². The summed E-state index contributed by atoms with van der Waals surface area (Å²) in [5.74, 6) is -0.185. The Balaban J connectivity index is 1.71. The van der Waals surface area contributed by atoms with E-state index in [0.717, 1.165) is 34.8 Å². The van der Waals surface area contributed by atoms with Gasteiger partial charge in [0.25, 0.3) is 0 Å². The molecule has 1 saturated heterocycles. The van der Waals surface area contributed by atoms with Gasteiger partial charge in [-0.15, -0.1) is 11.3 Å². The van der Waals surface area contributed by atoms with Crippen molar-refractivity contribution >= 4 is 17.3 Å². The molecule has 2 aromatic rings. The summed E-state index contributed by atoms with van der Waals surface area (Å²) in [5, 5.41) is 10.3. The Morgan fingerprint density at radius 2 is 2.13 bits per heavy atom. The van der Waals surface area contributed by atoms with Crippen LogP contribution in [0.25, 0.3) is 10.6 Å². The molecule has 2 heterocycles. The van der Waals surface area contributed by atoms with Crippen LogP contribution in [0.1, 0.15) is 43.0 Å². The minimum atomic E-state index is -0.712. The summed E-state index contributed by atoms with van der Waals surface area (Å²) < 4.78 is 0. The third-order valence-corrected chi connectivity index (χ3v) is 5.42. The maximum Gasteiger partial charge on any atom is 0.320 e. The fraction of sp³-hybridized carbons (Fsp3) is 0.444. The highest BCUT2D eigenvalue weighted by Crippen LogP contribution is 2.29. The quantitative estimate of drug-likeness (QED) is 0.901. The number of hydrogen-bond donors (Lipinski definition) is 1. The first-order valence-corrected chi connectivity index (χ1v) is 8.88. The predicted molar refractivity (Wildman–Crippen MR) is 92.7 cm³/mol. The molecule has 1 atom stereocenters. The lowest BCUT2D eigenvalue weighted by atomic mass is 10.0. The molecule has 122 valence electrons. The number of benzene rings is 1. The van der Waals surface area contributed by atoms with Crippen LogP contribution in [0.4, 0.5) is 0 Å². The third kappa shape index (κ3) is 3.62. The zero-order chi connectivity index (χ0) is 16.4. The van der Waals surface area contributed by atoms with Gasteiger partial charge in [-0.1, -0.05) is 38.1 Å². The average Bonchev–Trinajstić information content (AvgIpc) is 3.17. The van der Waals surface area contributed by atoms with Gasteiger partial charge in [0.1, 0.15) is 11.0 Å². The van der Waals surface area contributed by atoms with Crippen LogP contribution < -0.4 is 0 Å². The summed E-state index contributed by atoms with van der Waals surface area (Å²) in [6.45, 7) is 5.91. The maximum absolute atomic E-state index is 11.3. The lowest BCUT2D eigenvalue weighted by molar-refractivity contribution is -0.142. The van der Waals surface area contributed by atoms with Crippen LogP contribution in [0, 0.1) is 0 Å². The molecular formula is C18H22N2O2S. The SMILES string of the molecule is CC(C)c1ccc(-c2ncc(CN3CCC[C@H]3C(=O)O)s2)cc1. The van der Waals surface area contributed by atoms with Crippen molar-refractivity contribution in [3.8, 4) is 10.6 Å². The molecule has 0 unspecified atom stereocenters. The van der Waals surface area contributed by atoms with Crippen LogP contribution >= 0.6 is 11.3 Å². The van der Waals surface area contributed by atoms with Crippen molar-refractivity contribution in [2.45, 2.75) is 45.2 Å². The van der Waals surface area contributed by atoms with Crippen LogP contribution in [0.15, 0.2) is 30.5 Å². The van der Waals surface area contributed by atoms with Gasteiger partial charge >= 0.3 is 5.97 Å². The molecule has 5 heteroatoms. The number of aromatic nitrogens is 1. The molecule has 0 radical (unpaired) electrons. The molecule has 0 bridgehead atoms. The Hall–Kier alpha value is -1.72. The number of likely N-dealkylation sites (tertiary alicyclic amines) is 1. The van der Waals surface area contributed by atoms with Crippen LogP contribution in [-0.4, -0.2) is 33.5 Å². The zero-order valence-electron chi connectivity index (χ0n) is 13.5. The van der Waals surface area contributed by atoms with Crippen molar-refractivity contribution < 1.29 is 9.90 Å². The van der Waals surface area contributed by atoms with Crippen LogP contribution in [-0.2, 0) is 11.3 Å². The summed E-state index contributed by atoms with van der Waals surface area (Å²) in [6.07, 6.45) is 3.59. The monoisotopic (exact) mass is 330 g/mol. The van der Waals surface area contributed by atoms with Crippen LogP contribution in [0.3, 0.4) is 0 Å². The summed E-state index contributed by atoms with van der Waals surface area (Å²) >= 11 is 1.66. The van der Waals surface area contributed by atoms with Crippen molar-refractivity contribution in [3.63, 3.8) is 0 Å². The van der Waals surface area contributed by atoms with E-state index in [1.165, 1.54) is 5.56 Å². The molecule has 0 saturated carbocycles. The van der Waals surface area contributed by atoms with E-state index in [-0.39, 0.29) is 6.04 Å². The van der Waals surface area contributed by atoms with E-state index in [9.17, 15) is 9.90 Å². The molecule has 0 spiro atoms. The number of carboxylic acids is 1. The highest BCUT2D eigenvalue weighted by atomic mass is 32.1. The summed E-state index contributed by atoms with van der Waals surface area (Å²) in [7, 11) is 0. The number of aliphatic carboxylic acids is 1. The van der Waals surface area contributed by atoms with Gasteiger partial charge in [-0.05, 0) is 30.9 Å². The fourth-order valence-corrected chi connectivity index (χ4v) is 3.96. The molecule has 3 rings (SSSR count). The van der Waals surface area contributed by atoms with Crippen molar-refractivity contribution in [2.24, 2.45) is 0 Å². The molecule has 1 fully saturated rings. The van der Waals surface area contributed by atoms with E-state index in [4.69, 9.17) is 0 Å². The van der Waals surface area contributed by atoms with E-state index in [1.807, 2.05) is 11.1 Å². The summed E-state index contributed by atoms with van der Waals surface area (Å²) in [6, 6.07) is 8.21. The minimum absolute atomic E-state index is 0.342. The Morgan fingerprint density at radius 3 is 2.78 bits per heavy atom. The van der Waals surface area contributed by atoms with Crippen LogP contribution in [0.2, 0.25) is 0 Å². The highest BCUT2D eigenvalue weighted by molar-refractivity contribution is 7.15. The van der Waals surface area contributed by atoms with Gasteiger partial charge in [-0.3, -0.25) is 9.69 Å². The largest absolute Gasteiger partial charge is 0.480 e. The third-order valence-electron chi connectivity index (χ3n) is 4.39. The van der Waals surface area contributed by atoms with Gasteiger partial charge in [-0.2, -0.15) is 0 Å². The van der Waals surface area contributed by atoms with Gasteiger partial charge in [-0.25, -0.2) is 4.98 Å². The minimum Gasteiger partial charge on any atom is -0.480 e. The van der Waals surface area contributed by atoms with Crippen molar-refractivity contribution in [1.29, 1.82) is 0 Å². The zero-order valence-corrected chi connectivity index (χ0v) is 14.3. The van der Waals surface area contributed by atoms with E-state index in [0.29, 0.717) is 12.5 Å². The van der Waals surface area contributed by atoms with Crippen molar-refractivity contribution in [3.05, 3.63) is 40.9 Å². The number of carboxylic acid groups (broad SMARTS) is 1. The molecular weight excluding hydrogens is 308 g/mol. The van der Waals surface area contributed by atoms with Gasteiger partial charge in [0.2, 0.25) is 0 Å². The van der Waals surface area contributed by atoms with Gasteiger partial charge in [0, 0.05) is 23.2 Å². The Labute approximate surface area is 140 Å². The molecule has 1 aromatic carbocycles. The second kappa shape index (κ2) is 6.81. The van der Waals surface area contributed by atoms with Gasteiger partial charge < -0.3 is 5.11 Å². The lowest BCUT2D eigenvalue weighted by Gasteiger charge is -2.19. The molecule has 1 N–H and O–H groups in total. The Morgan fingerprint density at radius 1 is 1.39 bits per heavy atom.